The second-order valence-corrected chi connectivity index (χ2v) is 9.57. The van der Waals surface area contributed by atoms with E-state index in [2.05, 4.69) is 5.32 Å². The average molecular weight is 421 g/mol. The van der Waals surface area contributed by atoms with E-state index in [9.17, 15) is 13.2 Å². The van der Waals surface area contributed by atoms with Gasteiger partial charge in [0.15, 0.2) is 0 Å². The van der Waals surface area contributed by atoms with E-state index in [0.29, 0.717) is 24.2 Å². The first-order valence-corrected chi connectivity index (χ1v) is 11.3. The van der Waals surface area contributed by atoms with Gasteiger partial charge in [0.25, 0.3) is 15.9 Å². The smallest absolute Gasteiger partial charge is 0.264 e. The summed E-state index contributed by atoms with van der Waals surface area (Å²) in [7, 11) is -3.75. The summed E-state index contributed by atoms with van der Waals surface area (Å²) in [4.78, 5) is 13.0. The Hall–Kier alpha value is -3.12. The molecule has 5 nitrogen and oxygen atoms in total. The Morgan fingerprint density at radius 2 is 1.63 bits per heavy atom. The Kier molecular flexibility index (Phi) is 5.12. The van der Waals surface area contributed by atoms with E-state index in [0.717, 1.165) is 27.9 Å². The lowest BCUT2D eigenvalue weighted by atomic mass is 10.0. The minimum atomic E-state index is -3.75. The number of hydrogen-bond donors (Lipinski definition) is 1. The highest BCUT2D eigenvalue weighted by molar-refractivity contribution is 7.92. The Bertz CT molecular complexity index is 1230. The molecule has 0 saturated carbocycles. The summed E-state index contributed by atoms with van der Waals surface area (Å²) >= 11 is 0. The quantitative estimate of drug-likeness (QED) is 0.670. The summed E-state index contributed by atoms with van der Waals surface area (Å²) in [5.74, 6) is -0.330. The Labute approximate surface area is 177 Å². The fraction of sp³-hybridized carbons (Fsp3) is 0.208. The topological polar surface area (TPSA) is 66.5 Å². The number of fused-ring (bicyclic) bond motifs is 1. The molecule has 1 aliphatic heterocycles. The maximum Gasteiger partial charge on any atom is 0.264 e. The summed E-state index contributed by atoms with van der Waals surface area (Å²) in [6.07, 6.45) is 0.682. The maximum absolute atomic E-state index is 13.3. The van der Waals surface area contributed by atoms with Crippen LogP contribution in [-0.4, -0.2) is 20.9 Å². The van der Waals surface area contributed by atoms with Crippen molar-refractivity contribution in [2.45, 2.75) is 32.1 Å². The third kappa shape index (κ3) is 3.59. The third-order valence-corrected chi connectivity index (χ3v) is 7.25. The van der Waals surface area contributed by atoms with Crippen molar-refractivity contribution in [3.05, 3.63) is 88.5 Å². The standard InChI is InChI=1S/C24H24N2O3S/c1-16-13-17(2)23(18(3)14-16)25-24(27)20-8-6-9-21(15-20)30(28,29)26-12-11-19-7-4-5-10-22(19)26/h4-10,13-15H,11-12H2,1-3H3,(H,25,27). The van der Waals surface area contributed by atoms with Crippen LogP contribution in [0.5, 0.6) is 0 Å². The van der Waals surface area contributed by atoms with Gasteiger partial charge in [0, 0.05) is 17.8 Å². The van der Waals surface area contributed by atoms with E-state index in [1.807, 2.05) is 57.2 Å². The van der Waals surface area contributed by atoms with Crippen LogP contribution in [0.4, 0.5) is 11.4 Å². The molecular formula is C24H24N2O3S. The first-order valence-electron chi connectivity index (χ1n) is 9.87. The molecule has 30 heavy (non-hydrogen) atoms. The highest BCUT2D eigenvalue weighted by atomic mass is 32.2. The van der Waals surface area contributed by atoms with E-state index in [-0.39, 0.29) is 10.8 Å². The van der Waals surface area contributed by atoms with Gasteiger partial charge < -0.3 is 5.32 Å². The first kappa shape index (κ1) is 20.2. The molecule has 1 amide bonds. The number of nitrogens with zero attached hydrogens (tertiary/aromatic N) is 1. The number of benzene rings is 3. The third-order valence-electron chi connectivity index (χ3n) is 5.44. The Balaban J connectivity index is 1.64. The molecule has 6 heteroatoms. The number of hydrogen-bond acceptors (Lipinski definition) is 3. The number of sulfonamides is 1. The van der Waals surface area contributed by atoms with E-state index >= 15 is 0 Å². The van der Waals surface area contributed by atoms with Gasteiger partial charge in [-0.05, 0) is 68.1 Å². The van der Waals surface area contributed by atoms with Crippen LogP contribution < -0.4 is 9.62 Å². The molecule has 0 bridgehead atoms. The van der Waals surface area contributed by atoms with Gasteiger partial charge in [-0.3, -0.25) is 9.10 Å². The number of rotatable bonds is 4. The lowest BCUT2D eigenvalue weighted by Gasteiger charge is -2.20. The molecule has 3 aromatic rings. The molecule has 0 fully saturated rings. The number of para-hydroxylation sites is 1. The monoisotopic (exact) mass is 420 g/mol. The molecule has 0 aliphatic carbocycles. The summed E-state index contributed by atoms with van der Waals surface area (Å²) in [6.45, 7) is 6.30. The fourth-order valence-corrected chi connectivity index (χ4v) is 5.60. The zero-order valence-corrected chi connectivity index (χ0v) is 18.1. The number of amides is 1. The van der Waals surface area contributed by atoms with E-state index < -0.39 is 10.0 Å². The Morgan fingerprint density at radius 3 is 2.37 bits per heavy atom. The van der Waals surface area contributed by atoms with Crippen LogP contribution >= 0.6 is 0 Å². The van der Waals surface area contributed by atoms with Crippen molar-refractivity contribution in [1.82, 2.24) is 0 Å². The molecule has 0 radical (unpaired) electrons. The van der Waals surface area contributed by atoms with Crippen molar-refractivity contribution in [2.75, 3.05) is 16.2 Å². The zero-order chi connectivity index (χ0) is 21.5. The number of carbonyl (C=O) groups excluding carboxylic acids is 1. The highest BCUT2D eigenvalue weighted by Crippen LogP contribution is 2.33. The van der Waals surface area contributed by atoms with Crippen LogP contribution in [0.15, 0.2) is 65.6 Å². The van der Waals surface area contributed by atoms with Crippen molar-refractivity contribution in [2.24, 2.45) is 0 Å². The van der Waals surface area contributed by atoms with Crippen molar-refractivity contribution >= 4 is 27.3 Å². The van der Waals surface area contributed by atoms with Gasteiger partial charge in [0.1, 0.15) is 0 Å². The lowest BCUT2D eigenvalue weighted by Crippen LogP contribution is -2.29. The second-order valence-electron chi connectivity index (χ2n) is 7.71. The predicted molar refractivity (Wildman–Crippen MR) is 120 cm³/mol. The van der Waals surface area contributed by atoms with Crippen LogP contribution in [0.1, 0.15) is 32.6 Å². The Morgan fingerprint density at radius 1 is 0.933 bits per heavy atom. The zero-order valence-electron chi connectivity index (χ0n) is 17.3. The number of aryl methyl sites for hydroxylation is 3. The summed E-state index contributed by atoms with van der Waals surface area (Å²) in [5.41, 5.74) is 5.85. The minimum absolute atomic E-state index is 0.115. The van der Waals surface area contributed by atoms with Gasteiger partial charge in [0.05, 0.1) is 10.6 Å². The van der Waals surface area contributed by atoms with Crippen molar-refractivity contribution in [3.63, 3.8) is 0 Å². The second kappa shape index (κ2) is 7.61. The van der Waals surface area contributed by atoms with Crippen LogP contribution in [0.3, 0.4) is 0 Å². The molecule has 4 rings (SSSR count). The molecule has 1 aliphatic rings. The van der Waals surface area contributed by atoms with Gasteiger partial charge >= 0.3 is 0 Å². The van der Waals surface area contributed by atoms with Gasteiger partial charge in [0.2, 0.25) is 0 Å². The molecule has 0 spiro atoms. The van der Waals surface area contributed by atoms with E-state index in [4.69, 9.17) is 0 Å². The normalized spacial score (nSPS) is 13.2. The lowest BCUT2D eigenvalue weighted by molar-refractivity contribution is 0.102. The molecule has 0 aromatic heterocycles. The van der Waals surface area contributed by atoms with Gasteiger partial charge in [-0.15, -0.1) is 0 Å². The number of carbonyl (C=O) groups is 1. The highest BCUT2D eigenvalue weighted by Gasteiger charge is 2.31. The van der Waals surface area contributed by atoms with Crippen LogP contribution in [0.2, 0.25) is 0 Å². The number of nitrogens with one attached hydrogen (secondary N) is 1. The van der Waals surface area contributed by atoms with Gasteiger partial charge in [-0.1, -0.05) is 42.0 Å². The SMILES string of the molecule is Cc1cc(C)c(NC(=O)c2cccc(S(=O)(=O)N3CCc4ccccc43)c2)c(C)c1. The van der Waals surface area contributed by atoms with Crippen LogP contribution in [-0.2, 0) is 16.4 Å². The summed E-state index contributed by atoms with van der Waals surface area (Å²) < 4.78 is 28.0. The molecular weight excluding hydrogens is 396 g/mol. The van der Waals surface area contributed by atoms with Crippen molar-refractivity contribution in [3.8, 4) is 0 Å². The minimum Gasteiger partial charge on any atom is -0.322 e. The van der Waals surface area contributed by atoms with E-state index in [1.54, 1.807) is 12.1 Å². The molecule has 0 saturated heterocycles. The summed E-state index contributed by atoms with van der Waals surface area (Å²) in [6, 6.07) is 17.8. The van der Waals surface area contributed by atoms with Crippen LogP contribution in [0.25, 0.3) is 0 Å². The fourth-order valence-electron chi connectivity index (χ4n) is 4.05. The van der Waals surface area contributed by atoms with Gasteiger partial charge in [-0.25, -0.2) is 8.42 Å². The van der Waals surface area contributed by atoms with Crippen LogP contribution in [0, 0.1) is 20.8 Å². The largest absolute Gasteiger partial charge is 0.322 e. The molecule has 1 heterocycles. The van der Waals surface area contributed by atoms with Crippen molar-refractivity contribution in [1.29, 1.82) is 0 Å². The summed E-state index contributed by atoms with van der Waals surface area (Å²) in [5, 5.41) is 2.94. The maximum atomic E-state index is 13.3. The molecule has 3 aromatic carbocycles. The van der Waals surface area contributed by atoms with Gasteiger partial charge in [-0.2, -0.15) is 0 Å². The van der Waals surface area contributed by atoms with E-state index in [1.165, 1.54) is 16.4 Å². The molecule has 154 valence electrons. The predicted octanol–water partition coefficient (Wildman–Crippen LogP) is 4.62. The molecule has 0 unspecified atom stereocenters. The number of anilines is 2. The molecule has 0 atom stereocenters. The average Bonchev–Trinajstić information content (AvgIpc) is 3.15. The molecule has 1 N–H and O–H groups in total. The van der Waals surface area contributed by atoms with Crippen molar-refractivity contribution < 1.29 is 13.2 Å². The first-order chi connectivity index (χ1) is 14.3.